The third-order valence-corrected chi connectivity index (χ3v) is 6.38. The van der Waals surface area contributed by atoms with Crippen LogP contribution in [0.3, 0.4) is 0 Å². The summed E-state index contributed by atoms with van der Waals surface area (Å²) in [6.07, 6.45) is 8.17. The zero-order valence-corrected chi connectivity index (χ0v) is 17.8. The second-order valence-electron chi connectivity index (χ2n) is 7.34. The molecule has 3 atom stereocenters. The van der Waals surface area contributed by atoms with Crippen molar-refractivity contribution in [3.63, 3.8) is 0 Å². The summed E-state index contributed by atoms with van der Waals surface area (Å²) in [5, 5.41) is 7.25. The highest BCUT2D eigenvalue weighted by atomic mass is 127. The number of hydrogen-bond donors (Lipinski definition) is 2. The fourth-order valence-corrected chi connectivity index (χ4v) is 4.76. The van der Waals surface area contributed by atoms with E-state index in [9.17, 15) is 0 Å². The van der Waals surface area contributed by atoms with Gasteiger partial charge in [0, 0.05) is 37.7 Å². The molecule has 6 heteroatoms. The minimum Gasteiger partial charge on any atom is -0.378 e. The smallest absolute Gasteiger partial charge is 0.191 e. The molecule has 2 saturated carbocycles. The number of nitrogens with one attached hydrogen (secondary N) is 2. The molecule has 0 aromatic carbocycles. The number of nitrogens with zero attached hydrogens (tertiary/aromatic N) is 2. The van der Waals surface area contributed by atoms with Crippen LogP contribution in [0.4, 0.5) is 0 Å². The van der Waals surface area contributed by atoms with Crippen LogP contribution in [0.1, 0.15) is 52.4 Å². The average Bonchev–Trinajstić information content (AvgIpc) is 2.95. The van der Waals surface area contributed by atoms with E-state index in [0.717, 1.165) is 32.1 Å². The molecule has 3 aliphatic rings. The predicted octanol–water partition coefficient (Wildman–Crippen LogP) is 2.60. The molecule has 0 aromatic heterocycles. The quantitative estimate of drug-likeness (QED) is 0.371. The zero-order valence-electron chi connectivity index (χ0n) is 15.5. The van der Waals surface area contributed by atoms with E-state index in [1.165, 1.54) is 38.6 Å². The highest BCUT2D eigenvalue weighted by Gasteiger charge is 2.59. The van der Waals surface area contributed by atoms with Crippen molar-refractivity contribution in [2.24, 2.45) is 10.4 Å². The van der Waals surface area contributed by atoms with Gasteiger partial charge in [-0.3, -0.25) is 9.89 Å². The van der Waals surface area contributed by atoms with Crippen molar-refractivity contribution in [2.45, 2.75) is 70.6 Å². The van der Waals surface area contributed by atoms with Crippen LogP contribution in [0.2, 0.25) is 0 Å². The van der Waals surface area contributed by atoms with E-state index >= 15 is 0 Å². The Morgan fingerprint density at radius 3 is 2.67 bits per heavy atom. The van der Waals surface area contributed by atoms with Gasteiger partial charge in [0.25, 0.3) is 0 Å². The summed E-state index contributed by atoms with van der Waals surface area (Å²) in [5.74, 6) is 0.971. The van der Waals surface area contributed by atoms with Gasteiger partial charge in [-0.15, -0.1) is 24.0 Å². The van der Waals surface area contributed by atoms with Crippen LogP contribution >= 0.6 is 24.0 Å². The topological polar surface area (TPSA) is 48.9 Å². The zero-order chi connectivity index (χ0) is 16.3. The number of halogens is 1. The SMILES string of the molecule is CCOC1CC(NC(=NC)NCC2CCCN2CC)C12CCC2.I. The first kappa shape index (κ1) is 20.2. The number of ether oxygens (including phenoxy) is 1. The van der Waals surface area contributed by atoms with E-state index in [0.29, 0.717) is 23.6 Å². The monoisotopic (exact) mass is 450 g/mol. The summed E-state index contributed by atoms with van der Waals surface area (Å²) < 4.78 is 5.94. The number of rotatable bonds is 6. The first-order valence-corrected chi connectivity index (χ1v) is 9.56. The summed E-state index contributed by atoms with van der Waals surface area (Å²) in [6.45, 7) is 8.60. The van der Waals surface area contributed by atoms with Gasteiger partial charge in [0.15, 0.2) is 5.96 Å². The second kappa shape index (κ2) is 9.03. The third kappa shape index (κ3) is 3.85. The normalized spacial score (nSPS) is 32.0. The molecule has 0 radical (unpaired) electrons. The van der Waals surface area contributed by atoms with Crippen LogP contribution in [0.5, 0.6) is 0 Å². The minimum absolute atomic E-state index is 0. The Labute approximate surface area is 164 Å². The van der Waals surface area contributed by atoms with Gasteiger partial charge in [-0.1, -0.05) is 13.3 Å². The van der Waals surface area contributed by atoms with Crippen molar-refractivity contribution in [2.75, 3.05) is 33.3 Å². The van der Waals surface area contributed by atoms with E-state index in [1.807, 2.05) is 7.05 Å². The third-order valence-electron chi connectivity index (χ3n) is 6.38. The molecule has 3 fully saturated rings. The number of hydrogen-bond acceptors (Lipinski definition) is 3. The van der Waals surface area contributed by atoms with E-state index in [1.54, 1.807) is 0 Å². The van der Waals surface area contributed by atoms with Crippen molar-refractivity contribution in [1.82, 2.24) is 15.5 Å². The molecular weight excluding hydrogens is 415 g/mol. The van der Waals surface area contributed by atoms with Crippen LogP contribution in [-0.2, 0) is 4.74 Å². The second-order valence-corrected chi connectivity index (χ2v) is 7.34. The standard InChI is InChI=1S/C18H34N4O.HI/c1-4-22-11-6-8-14(22)13-20-17(19-3)21-15-12-16(23-5-2)18(15)9-7-10-18;/h14-16H,4-13H2,1-3H3,(H2,19,20,21);1H. The van der Waals surface area contributed by atoms with Crippen molar-refractivity contribution in [3.8, 4) is 0 Å². The molecule has 1 aliphatic heterocycles. The van der Waals surface area contributed by atoms with Gasteiger partial charge >= 0.3 is 0 Å². The van der Waals surface area contributed by atoms with Gasteiger partial charge in [0.1, 0.15) is 0 Å². The molecule has 140 valence electrons. The van der Waals surface area contributed by atoms with Gasteiger partial charge in [-0.2, -0.15) is 0 Å². The molecule has 1 heterocycles. The fourth-order valence-electron chi connectivity index (χ4n) is 4.76. The maximum atomic E-state index is 5.94. The molecular formula is C18H35IN4O. The van der Waals surface area contributed by atoms with Crippen molar-refractivity contribution in [3.05, 3.63) is 0 Å². The average molecular weight is 450 g/mol. The molecule has 0 aromatic rings. The maximum Gasteiger partial charge on any atom is 0.191 e. The van der Waals surface area contributed by atoms with Crippen LogP contribution in [-0.4, -0.2) is 62.3 Å². The summed E-state index contributed by atoms with van der Waals surface area (Å²) in [6, 6.07) is 1.19. The lowest BCUT2D eigenvalue weighted by atomic mass is 9.51. The van der Waals surface area contributed by atoms with Crippen LogP contribution in [0.25, 0.3) is 0 Å². The first-order chi connectivity index (χ1) is 11.2. The van der Waals surface area contributed by atoms with Crippen molar-refractivity contribution in [1.29, 1.82) is 0 Å². The molecule has 2 aliphatic carbocycles. The van der Waals surface area contributed by atoms with Crippen LogP contribution in [0, 0.1) is 5.41 Å². The van der Waals surface area contributed by atoms with Gasteiger partial charge in [-0.25, -0.2) is 0 Å². The molecule has 1 spiro atoms. The molecule has 0 bridgehead atoms. The molecule has 2 N–H and O–H groups in total. The summed E-state index contributed by atoms with van der Waals surface area (Å²) in [5.41, 5.74) is 0.385. The van der Waals surface area contributed by atoms with Gasteiger partial charge < -0.3 is 15.4 Å². The number of likely N-dealkylation sites (tertiary alicyclic amines) is 1. The highest BCUT2D eigenvalue weighted by molar-refractivity contribution is 14.0. The van der Waals surface area contributed by atoms with Crippen molar-refractivity contribution < 1.29 is 4.74 Å². The molecule has 0 amide bonds. The van der Waals surface area contributed by atoms with E-state index < -0.39 is 0 Å². The first-order valence-electron chi connectivity index (χ1n) is 9.56. The molecule has 5 nitrogen and oxygen atoms in total. The Morgan fingerprint density at radius 1 is 1.29 bits per heavy atom. The molecule has 1 saturated heterocycles. The Morgan fingerprint density at radius 2 is 2.08 bits per heavy atom. The Bertz CT molecular complexity index is 427. The van der Waals surface area contributed by atoms with E-state index in [4.69, 9.17) is 4.74 Å². The lowest BCUT2D eigenvalue weighted by molar-refractivity contribution is -0.168. The van der Waals surface area contributed by atoms with E-state index in [2.05, 4.69) is 34.4 Å². The highest BCUT2D eigenvalue weighted by Crippen LogP contribution is 2.57. The predicted molar refractivity (Wildman–Crippen MR) is 110 cm³/mol. The lowest BCUT2D eigenvalue weighted by Crippen LogP contribution is -2.68. The number of likely N-dealkylation sites (N-methyl/N-ethyl adjacent to an activating group) is 1. The summed E-state index contributed by atoms with van der Waals surface area (Å²) in [4.78, 5) is 7.02. The van der Waals surface area contributed by atoms with E-state index in [-0.39, 0.29) is 24.0 Å². The molecule has 3 rings (SSSR count). The largest absolute Gasteiger partial charge is 0.378 e. The lowest BCUT2D eigenvalue weighted by Gasteiger charge is -2.61. The van der Waals surface area contributed by atoms with Gasteiger partial charge in [0.05, 0.1) is 6.10 Å². The summed E-state index contributed by atoms with van der Waals surface area (Å²) >= 11 is 0. The molecule has 3 unspecified atom stereocenters. The number of aliphatic imine (C=N–C) groups is 1. The summed E-state index contributed by atoms with van der Waals surface area (Å²) in [7, 11) is 1.88. The Hall–Kier alpha value is -0.0800. The van der Waals surface area contributed by atoms with Gasteiger partial charge in [-0.05, 0) is 52.1 Å². The van der Waals surface area contributed by atoms with Gasteiger partial charge in [0.2, 0.25) is 0 Å². The van der Waals surface area contributed by atoms with Crippen LogP contribution < -0.4 is 10.6 Å². The molecule has 24 heavy (non-hydrogen) atoms. The number of guanidine groups is 1. The van der Waals surface area contributed by atoms with Crippen LogP contribution in [0.15, 0.2) is 4.99 Å². The van der Waals surface area contributed by atoms with Crippen molar-refractivity contribution >= 4 is 29.9 Å². The minimum atomic E-state index is 0. The fraction of sp³-hybridized carbons (Fsp3) is 0.944. The Kier molecular flexibility index (Phi) is 7.61. The Balaban J connectivity index is 0.00000208. The maximum absolute atomic E-state index is 5.94.